The van der Waals surface area contributed by atoms with Gasteiger partial charge in [-0.25, -0.2) is 0 Å². The molecular weight excluding hydrogens is 346 g/mol. The van der Waals surface area contributed by atoms with E-state index >= 15 is 0 Å². The monoisotopic (exact) mass is 385 g/mol. The Bertz CT molecular complexity index is 660. The first-order chi connectivity index (χ1) is 13.5. The van der Waals surface area contributed by atoms with Crippen LogP contribution in [0.15, 0.2) is 37.1 Å². The summed E-state index contributed by atoms with van der Waals surface area (Å²) in [5.41, 5.74) is 5.43. The average Bonchev–Trinajstić information content (AvgIpc) is 3.11. The molecule has 0 aromatic heterocycles. The molecule has 0 bridgehead atoms. The molecule has 0 radical (unpaired) electrons. The second-order valence-corrected chi connectivity index (χ2v) is 7.12. The number of nitrogens with one attached hydrogen (secondary N) is 3. The SMILES string of the molecule is C=CC(=C)Nc1ccc2c(c1NC)CC(NC(=O)C(CCC)CCC)C2.CC. The Morgan fingerprint density at radius 3 is 2.39 bits per heavy atom. The molecule has 0 saturated carbocycles. The number of hydrogen-bond donors (Lipinski definition) is 3. The first-order valence-corrected chi connectivity index (χ1v) is 10.7. The quantitative estimate of drug-likeness (QED) is 0.455. The maximum absolute atomic E-state index is 12.7. The number of rotatable bonds is 10. The van der Waals surface area contributed by atoms with Gasteiger partial charge in [-0.1, -0.05) is 59.8 Å². The maximum atomic E-state index is 12.7. The van der Waals surface area contributed by atoms with Crippen LogP contribution in [0.25, 0.3) is 0 Å². The van der Waals surface area contributed by atoms with Crippen molar-refractivity contribution in [1.82, 2.24) is 5.32 Å². The highest BCUT2D eigenvalue weighted by atomic mass is 16.1. The van der Waals surface area contributed by atoms with E-state index in [2.05, 4.69) is 55.1 Å². The number of carbonyl (C=O) groups is 1. The van der Waals surface area contributed by atoms with Crippen molar-refractivity contribution in [3.63, 3.8) is 0 Å². The normalized spacial score (nSPS) is 14.6. The van der Waals surface area contributed by atoms with Crippen LogP contribution >= 0.6 is 0 Å². The van der Waals surface area contributed by atoms with Crippen LogP contribution in [0.2, 0.25) is 0 Å². The maximum Gasteiger partial charge on any atom is 0.223 e. The average molecular weight is 386 g/mol. The fraction of sp³-hybridized carbons (Fsp3) is 0.542. The van der Waals surface area contributed by atoms with Gasteiger partial charge in [-0.15, -0.1) is 0 Å². The molecule has 1 aromatic carbocycles. The summed E-state index contributed by atoms with van der Waals surface area (Å²) < 4.78 is 0. The summed E-state index contributed by atoms with van der Waals surface area (Å²) in [6, 6.07) is 4.40. The molecule has 1 atom stereocenters. The van der Waals surface area contributed by atoms with Gasteiger partial charge in [-0.2, -0.15) is 0 Å². The summed E-state index contributed by atoms with van der Waals surface area (Å²) in [4.78, 5) is 12.7. The van der Waals surface area contributed by atoms with Crippen LogP contribution in [0.3, 0.4) is 0 Å². The van der Waals surface area contributed by atoms with E-state index in [1.54, 1.807) is 6.08 Å². The van der Waals surface area contributed by atoms with E-state index in [0.717, 1.165) is 55.6 Å². The minimum Gasteiger partial charge on any atom is -0.386 e. The third-order valence-corrected chi connectivity index (χ3v) is 5.11. The van der Waals surface area contributed by atoms with E-state index in [9.17, 15) is 4.79 Å². The fourth-order valence-electron chi connectivity index (χ4n) is 3.84. The van der Waals surface area contributed by atoms with E-state index in [-0.39, 0.29) is 17.9 Å². The third kappa shape index (κ3) is 6.15. The number of fused-ring (bicyclic) bond motifs is 1. The number of anilines is 2. The first-order valence-electron chi connectivity index (χ1n) is 10.7. The van der Waals surface area contributed by atoms with Gasteiger partial charge in [0.15, 0.2) is 0 Å². The van der Waals surface area contributed by atoms with Crippen LogP contribution < -0.4 is 16.0 Å². The van der Waals surface area contributed by atoms with Crippen LogP contribution in [-0.2, 0) is 17.6 Å². The van der Waals surface area contributed by atoms with E-state index < -0.39 is 0 Å². The summed E-state index contributed by atoms with van der Waals surface area (Å²) in [5, 5.41) is 9.90. The van der Waals surface area contributed by atoms with Gasteiger partial charge in [0.05, 0.1) is 11.4 Å². The van der Waals surface area contributed by atoms with Gasteiger partial charge in [0.2, 0.25) is 5.91 Å². The van der Waals surface area contributed by atoms with Crippen molar-refractivity contribution in [2.75, 3.05) is 17.7 Å². The molecule has 2 rings (SSSR count). The number of benzene rings is 1. The van der Waals surface area contributed by atoms with Crippen molar-refractivity contribution in [2.24, 2.45) is 5.92 Å². The number of amides is 1. The molecule has 1 unspecified atom stereocenters. The summed E-state index contributed by atoms with van der Waals surface area (Å²) in [6.45, 7) is 16.0. The molecule has 1 amide bonds. The van der Waals surface area contributed by atoms with Crippen molar-refractivity contribution in [3.8, 4) is 0 Å². The zero-order chi connectivity index (χ0) is 21.1. The van der Waals surface area contributed by atoms with Gasteiger partial charge in [-0.3, -0.25) is 4.79 Å². The zero-order valence-corrected chi connectivity index (χ0v) is 18.5. The number of carbonyl (C=O) groups excluding carboxylic acids is 1. The van der Waals surface area contributed by atoms with Gasteiger partial charge in [0.25, 0.3) is 0 Å². The Hall–Kier alpha value is -2.23. The van der Waals surface area contributed by atoms with Crippen molar-refractivity contribution in [2.45, 2.75) is 72.3 Å². The van der Waals surface area contributed by atoms with Gasteiger partial charge in [0.1, 0.15) is 0 Å². The molecule has 1 aliphatic rings. The van der Waals surface area contributed by atoms with Gasteiger partial charge < -0.3 is 16.0 Å². The molecule has 0 spiro atoms. The lowest BCUT2D eigenvalue weighted by molar-refractivity contribution is -0.126. The largest absolute Gasteiger partial charge is 0.386 e. The fourth-order valence-corrected chi connectivity index (χ4v) is 3.84. The predicted molar refractivity (Wildman–Crippen MR) is 123 cm³/mol. The lowest BCUT2D eigenvalue weighted by Gasteiger charge is -2.19. The molecule has 0 saturated heterocycles. The topological polar surface area (TPSA) is 53.2 Å². The predicted octanol–water partition coefficient (Wildman–Crippen LogP) is 5.67. The molecule has 28 heavy (non-hydrogen) atoms. The summed E-state index contributed by atoms with van der Waals surface area (Å²) in [5.74, 6) is 0.363. The van der Waals surface area contributed by atoms with Crippen molar-refractivity contribution >= 4 is 17.3 Å². The lowest BCUT2D eigenvalue weighted by Crippen LogP contribution is -2.39. The van der Waals surface area contributed by atoms with E-state index in [0.29, 0.717) is 0 Å². The molecular formula is C24H39N3O. The highest BCUT2D eigenvalue weighted by Crippen LogP contribution is 2.35. The van der Waals surface area contributed by atoms with Crippen LogP contribution in [0.5, 0.6) is 0 Å². The highest BCUT2D eigenvalue weighted by molar-refractivity contribution is 5.80. The highest BCUT2D eigenvalue weighted by Gasteiger charge is 2.28. The van der Waals surface area contributed by atoms with Gasteiger partial charge in [-0.05, 0) is 49.0 Å². The zero-order valence-electron chi connectivity index (χ0n) is 18.5. The molecule has 3 N–H and O–H groups in total. The van der Waals surface area contributed by atoms with Crippen LogP contribution in [-0.4, -0.2) is 19.0 Å². The Morgan fingerprint density at radius 2 is 1.86 bits per heavy atom. The second-order valence-electron chi connectivity index (χ2n) is 7.12. The molecule has 0 heterocycles. The molecule has 0 fully saturated rings. The molecule has 0 aliphatic heterocycles. The van der Waals surface area contributed by atoms with E-state index in [1.165, 1.54) is 11.1 Å². The standard InChI is InChI=1S/C22H33N3O.C2H6/c1-6-9-16(10-7-2)22(26)25-18-13-17-11-12-20(24-15(4)8-3)21(23-5)19(17)14-18;1-2/h8,11-12,16,18,23-24H,3-4,6-7,9-10,13-14H2,1-2,5H3,(H,25,26);1-2H3. The molecule has 156 valence electrons. The lowest BCUT2D eigenvalue weighted by atomic mass is 9.97. The Kier molecular flexibility index (Phi) is 10.4. The van der Waals surface area contributed by atoms with E-state index in [1.807, 2.05) is 20.9 Å². The Balaban J connectivity index is 0.00000190. The minimum absolute atomic E-state index is 0.144. The Morgan fingerprint density at radius 1 is 1.21 bits per heavy atom. The van der Waals surface area contributed by atoms with Crippen molar-refractivity contribution in [3.05, 3.63) is 48.2 Å². The summed E-state index contributed by atoms with van der Waals surface area (Å²) in [6.07, 6.45) is 7.50. The third-order valence-electron chi connectivity index (χ3n) is 5.11. The van der Waals surface area contributed by atoms with Crippen molar-refractivity contribution < 1.29 is 4.79 Å². The van der Waals surface area contributed by atoms with Crippen LogP contribution in [0, 0.1) is 5.92 Å². The smallest absolute Gasteiger partial charge is 0.223 e. The van der Waals surface area contributed by atoms with Crippen LogP contribution in [0.4, 0.5) is 11.4 Å². The van der Waals surface area contributed by atoms with Gasteiger partial charge >= 0.3 is 0 Å². The van der Waals surface area contributed by atoms with Crippen LogP contribution in [0.1, 0.15) is 64.5 Å². The first kappa shape index (κ1) is 23.8. The summed E-state index contributed by atoms with van der Waals surface area (Å²) >= 11 is 0. The summed E-state index contributed by atoms with van der Waals surface area (Å²) in [7, 11) is 1.93. The second kappa shape index (κ2) is 12.3. The minimum atomic E-state index is 0.144. The molecule has 1 aromatic rings. The molecule has 4 heteroatoms. The number of hydrogen-bond acceptors (Lipinski definition) is 3. The molecule has 1 aliphatic carbocycles. The van der Waals surface area contributed by atoms with Gasteiger partial charge in [0, 0.05) is 24.7 Å². The number of allylic oxidation sites excluding steroid dienone is 1. The molecule has 4 nitrogen and oxygen atoms in total. The van der Waals surface area contributed by atoms with E-state index in [4.69, 9.17) is 0 Å². The van der Waals surface area contributed by atoms with Crippen molar-refractivity contribution in [1.29, 1.82) is 0 Å². The Labute approximate surface area is 171 Å².